The first-order valence-electron chi connectivity index (χ1n) is 6.98. The summed E-state index contributed by atoms with van der Waals surface area (Å²) in [5, 5.41) is 1.16. The summed E-state index contributed by atoms with van der Waals surface area (Å²) in [4.78, 5) is 28.1. The molecule has 0 spiro atoms. The standard InChI is InChI=1S/C15H15ClN4O2/c16-10-5-4-8-12(21)3-1-2-6-20-11(7-9(10)13(8)20)14(22)19-15(17)18/h4-5,7H,1-3,6H2,(H4,17,18,19,22). The van der Waals surface area contributed by atoms with Crippen molar-refractivity contribution in [1.29, 1.82) is 0 Å². The van der Waals surface area contributed by atoms with Crippen LogP contribution in [-0.4, -0.2) is 22.2 Å². The third kappa shape index (κ3) is 2.35. The molecule has 22 heavy (non-hydrogen) atoms. The number of hydrogen-bond donors (Lipinski definition) is 2. The van der Waals surface area contributed by atoms with Gasteiger partial charge in [-0.3, -0.25) is 9.59 Å². The van der Waals surface area contributed by atoms with Gasteiger partial charge in [0.25, 0.3) is 5.91 Å². The van der Waals surface area contributed by atoms with Crippen LogP contribution in [0.4, 0.5) is 0 Å². The van der Waals surface area contributed by atoms with Gasteiger partial charge in [-0.1, -0.05) is 11.6 Å². The lowest BCUT2D eigenvalue weighted by molar-refractivity contribution is 0.0969. The fourth-order valence-electron chi connectivity index (χ4n) is 2.85. The van der Waals surface area contributed by atoms with Gasteiger partial charge < -0.3 is 16.0 Å². The topological polar surface area (TPSA) is 103 Å². The van der Waals surface area contributed by atoms with Crippen molar-refractivity contribution < 1.29 is 9.59 Å². The van der Waals surface area contributed by atoms with Crippen molar-refractivity contribution in [3.8, 4) is 0 Å². The number of aliphatic imine (C=N–C) groups is 1. The summed E-state index contributed by atoms with van der Waals surface area (Å²) in [6.45, 7) is 0.616. The molecule has 0 atom stereocenters. The van der Waals surface area contributed by atoms with Crippen molar-refractivity contribution in [2.24, 2.45) is 16.5 Å². The van der Waals surface area contributed by atoms with Crippen LogP contribution in [0.5, 0.6) is 0 Å². The second kappa shape index (κ2) is 5.46. The van der Waals surface area contributed by atoms with Gasteiger partial charge in [0.1, 0.15) is 5.69 Å². The van der Waals surface area contributed by atoms with E-state index in [2.05, 4.69) is 4.99 Å². The zero-order valence-electron chi connectivity index (χ0n) is 11.8. The van der Waals surface area contributed by atoms with E-state index in [1.165, 1.54) is 0 Å². The van der Waals surface area contributed by atoms with Crippen LogP contribution in [0.1, 0.15) is 40.1 Å². The van der Waals surface area contributed by atoms with Crippen LogP contribution < -0.4 is 11.5 Å². The number of nitrogens with zero attached hydrogens (tertiary/aromatic N) is 2. The molecule has 1 aromatic carbocycles. The van der Waals surface area contributed by atoms with E-state index in [4.69, 9.17) is 23.1 Å². The molecule has 0 aliphatic carbocycles. The summed E-state index contributed by atoms with van der Waals surface area (Å²) in [5.74, 6) is -0.774. The number of guanidine groups is 1. The van der Waals surface area contributed by atoms with Crippen LogP contribution in [-0.2, 0) is 6.54 Å². The second-order valence-electron chi connectivity index (χ2n) is 5.26. The Bertz CT molecular complexity index is 819. The predicted molar refractivity (Wildman–Crippen MR) is 85.3 cm³/mol. The lowest BCUT2D eigenvalue weighted by Gasteiger charge is -2.15. The SMILES string of the molecule is NC(N)=NC(=O)c1cc2c(Cl)ccc3c2n1CCCCC3=O. The second-order valence-corrected chi connectivity index (χ2v) is 5.67. The maximum atomic E-state index is 12.3. The molecule has 3 rings (SSSR count). The highest BCUT2D eigenvalue weighted by Gasteiger charge is 2.23. The number of benzene rings is 1. The Kier molecular flexibility index (Phi) is 3.62. The summed E-state index contributed by atoms with van der Waals surface area (Å²) < 4.78 is 1.79. The molecule has 0 saturated heterocycles. The van der Waals surface area contributed by atoms with Gasteiger partial charge >= 0.3 is 0 Å². The van der Waals surface area contributed by atoms with E-state index in [0.29, 0.717) is 40.1 Å². The van der Waals surface area contributed by atoms with Crippen molar-refractivity contribution in [2.45, 2.75) is 25.8 Å². The lowest BCUT2D eigenvalue weighted by Crippen LogP contribution is -2.25. The van der Waals surface area contributed by atoms with Gasteiger partial charge in [-0.25, -0.2) is 0 Å². The zero-order chi connectivity index (χ0) is 15.9. The number of carbonyl (C=O) groups excluding carboxylic acids is 2. The summed E-state index contributed by atoms with van der Waals surface area (Å²) in [6.07, 6.45) is 2.07. The van der Waals surface area contributed by atoms with Gasteiger partial charge in [0.2, 0.25) is 0 Å². The molecule has 1 aliphatic rings. The molecule has 7 heteroatoms. The number of ketones is 1. The highest BCUT2D eigenvalue weighted by atomic mass is 35.5. The molecule has 4 N–H and O–H groups in total. The van der Waals surface area contributed by atoms with Gasteiger partial charge in [0.15, 0.2) is 11.7 Å². The highest BCUT2D eigenvalue weighted by Crippen LogP contribution is 2.33. The van der Waals surface area contributed by atoms with E-state index in [9.17, 15) is 9.59 Å². The Morgan fingerprint density at radius 1 is 1.27 bits per heavy atom. The van der Waals surface area contributed by atoms with Crippen molar-refractivity contribution in [2.75, 3.05) is 0 Å². The Hall–Kier alpha value is -2.34. The largest absolute Gasteiger partial charge is 0.370 e. The molecule has 0 bridgehead atoms. The van der Waals surface area contributed by atoms with Crippen molar-refractivity contribution in [3.63, 3.8) is 0 Å². The number of Topliss-reactive ketones (excluding diaryl/α,β-unsaturated/α-hetero) is 1. The van der Waals surface area contributed by atoms with Gasteiger partial charge in [0, 0.05) is 23.9 Å². The Morgan fingerprint density at radius 2 is 2.05 bits per heavy atom. The number of amides is 1. The van der Waals surface area contributed by atoms with Crippen LogP contribution in [0.2, 0.25) is 5.02 Å². The molecule has 1 aliphatic heterocycles. The molecule has 0 unspecified atom stereocenters. The van der Waals surface area contributed by atoms with Crippen LogP contribution in [0.15, 0.2) is 23.2 Å². The molecule has 0 saturated carbocycles. The van der Waals surface area contributed by atoms with E-state index in [1.807, 2.05) is 0 Å². The van der Waals surface area contributed by atoms with Gasteiger partial charge in [-0.2, -0.15) is 4.99 Å². The maximum absolute atomic E-state index is 12.3. The quantitative estimate of drug-likeness (QED) is 0.620. The molecule has 0 radical (unpaired) electrons. The van der Waals surface area contributed by atoms with Crippen LogP contribution in [0.3, 0.4) is 0 Å². The number of aromatic nitrogens is 1. The van der Waals surface area contributed by atoms with E-state index in [-0.39, 0.29) is 11.7 Å². The van der Waals surface area contributed by atoms with E-state index in [1.54, 1.807) is 22.8 Å². The third-order valence-electron chi connectivity index (χ3n) is 3.79. The number of nitrogens with two attached hydrogens (primary N) is 2. The molecule has 0 fully saturated rings. The van der Waals surface area contributed by atoms with Crippen LogP contribution in [0.25, 0.3) is 10.9 Å². The first-order chi connectivity index (χ1) is 10.5. The first kappa shape index (κ1) is 14.6. The fourth-order valence-corrected chi connectivity index (χ4v) is 3.05. The molecule has 2 aromatic rings. The summed E-state index contributed by atoms with van der Waals surface area (Å²) in [6, 6.07) is 5.04. The molecule has 1 aromatic heterocycles. The minimum atomic E-state index is -0.536. The molecule has 114 valence electrons. The van der Waals surface area contributed by atoms with Gasteiger partial charge in [0.05, 0.1) is 10.5 Å². The number of rotatable bonds is 1. The van der Waals surface area contributed by atoms with Gasteiger partial charge in [-0.15, -0.1) is 0 Å². The lowest BCUT2D eigenvalue weighted by atomic mass is 10.0. The van der Waals surface area contributed by atoms with E-state index in [0.717, 1.165) is 12.8 Å². The highest BCUT2D eigenvalue weighted by molar-refractivity contribution is 6.36. The first-order valence-corrected chi connectivity index (χ1v) is 7.35. The minimum Gasteiger partial charge on any atom is -0.370 e. The number of aryl methyl sites for hydroxylation is 1. The number of halogens is 1. The molecule has 1 amide bonds. The Labute approximate surface area is 131 Å². The molecule has 2 heterocycles. The number of hydrogen-bond acceptors (Lipinski definition) is 2. The number of carbonyl (C=O) groups is 2. The summed E-state index contributed by atoms with van der Waals surface area (Å²) in [7, 11) is 0. The van der Waals surface area contributed by atoms with E-state index < -0.39 is 5.91 Å². The predicted octanol–water partition coefficient (Wildman–Crippen LogP) is 2.07. The average Bonchev–Trinajstić information content (AvgIpc) is 2.81. The van der Waals surface area contributed by atoms with Crippen molar-refractivity contribution >= 4 is 40.2 Å². The van der Waals surface area contributed by atoms with Crippen LogP contribution >= 0.6 is 11.6 Å². The maximum Gasteiger partial charge on any atom is 0.296 e. The van der Waals surface area contributed by atoms with Crippen molar-refractivity contribution in [1.82, 2.24) is 4.57 Å². The monoisotopic (exact) mass is 318 g/mol. The Balaban J connectivity index is 2.33. The average molecular weight is 319 g/mol. The molecular weight excluding hydrogens is 304 g/mol. The summed E-state index contributed by atoms with van der Waals surface area (Å²) in [5.41, 5.74) is 12.2. The van der Waals surface area contributed by atoms with Crippen LogP contribution in [0, 0.1) is 0 Å². The smallest absolute Gasteiger partial charge is 0.296 e. The summed E-state index contributed by atoms with van der Waals surface area (Å²) >= 11 is 6.23. The third-order valence-corrected chi connectivity index (χ3v) is 4.12. The van der Waals surface area contributed by atoms with Crippen molar-refractivity contribution in [3.05, 3.63) is 34.5 Å². The fraction of sp³-hybridized carbons (Fsp3) is 0.267. The van der Waals surface area contributed by atoms with E-state index >= 15 is 0 Å². The van der Waals surface area contributed by atoms with Gasteiger partial charge in [-0.05, 0) is 31.0 Å². The molecule has 6 nitrogen and oxygen atoms in total. The Morgan fingerprint density at radius 3 is 2.77 bits per heavy atom. The minimum absolute atomic E-state index is 0.0570. The molecular formula is C15H15ClN4O2. The normalized spacial score (nSPS) is 14.5. The zero-order valence-corrected chi connectivity index (χ0v) is 12.6.